The number of unbranched alkanes of at least 4 members (excludes halogenated alkanes) is 6. The molecule has 5 N–H and O–H groups in total. The van der Waals surface area contributed by atoms with Crippen LogP contribution in [0, 0.1) is 0 Å². The molecule has 0 aliphatic carbocycles. The van der Waals surface area contributed by atoms with Crippen molar-refractivity contribution < 1.29 is 0 Å². The third kappa shape index (κ3) is 6.12. The summed E-state index contributed by atoms with van der Waals surface area (Å²) in [7, 11) is 0. The minimum Gasteiger partial charge on any atom is -0.398 e. The molecule has 0 aromatic heterocycles. The van der Waals surface area contributed by atoms with E-state index < -0.39 is 0 Å². The molecule has 0 bridgehead atoms. The second-order valence-corrected chi connectivity index (χ2v) is 5.84. The van der Waals surface area contributed by atoms with Gasteiger partial charge in [-0.2, -0.15) is 0 Å². The van der Waals surface area contributed by atoms with E-state index in [0.29, 0.717) is 10.7 Å². The van der Waals surface area contributed by atoms with Crippen molar-refractivity contribution in [1.29, 1.82) is 0 Å². The van der Waals surface area contributed by atoms with E-state index >= 15 is 0 Å². The Kier molecular flexibility index (Phi) is 8.67. The molecule has 0 amide bonds. The Morgan fingerprint density at radius 1 is 1.10 bits per heavy atom. The van der Waals surface area contributed by atoms with E-state index in [4.69, 9.17) is 23.2 Å². The minimum atomic E-state index is 0.114. The number of rotatable bonds is 10. The lowest BCUT2D eigenvalue weighted by atomic mass is 9.98. The van der Waals surface area contributed by atoms with Crippen LogP contribution in [0.15, 0.2) is 18.2 Å². The number of benzene rings is 1. The molecule has 0 radical (unpaired) electrons. The van der Waals surface area contributed by atoms with E-state index in [-0.39, 0.29) is 6.04 Å². The molecule has 0 saturated heterocycles. The zero-order valence-corrected chi connectivity index (χ0v) is 13.3. The predicted molar refractivity (Wildman–Crippen MR) is 88.5 cm³/mol. The molecular weight excluding hydrogens is 270 g/mol. The number of nitrogens with two attached hydrogens (primary N) is 2. The van der Waals surface area contributed by atoms with Crippen molar-refractivity contribution in [2.45, 2.75) is 64.3 Å². The van der Waals surface area contributed by atoms with E-state index in [9.17, 15) is 0 Å². The van der Waals surface area contributed by atoms with E-state index in [2.05, 4.69) is 12.3 Å². The van der Waals surface area contributed by atoms with Crippen LogP contribution in [0.2, 0.25) is 5.02 Å². The lowest BCUT2D eigenvalue weighted by molar-refractivity contribution is 0.477. The van der Waals surface area contributed by atoms with Gasteiger partial charge >= 0.3 is 0 Å². The lowest BCUT2D eigenvalue weighted by Crippen LogP contribution is -2.28. The maximum absolute atomic E-state index is 6.00. The Morgan fingerprint density at radius 2 is 1.75 bits per heavy atom. The van der Waals surface area contributed by atoms with Crippen LogP contribution in [-0.2, 0) is 0 Å². The predicted octanol–water partition coefficient (Wildman–Crippen LogP) is 4.57. The van der Waals surface area contributed by atoms with E-state index in [1.807, 2.05) is 12.1 Å². The van der Waals surface area contributed by atoms with Gasteiger partial charge in [-0.25, -0.2) is 0 Å². The van der Waals surface area contributed by atoms with Crippen LogP contribution in [-0.4, -0.2) is 0 Å². The summed E-state index contributed by atoms with van der Waals surface area (Å²) in [5.41, 5.74) is 10.6. The van der Waals surface area contributed by atoms with Crippen molar-refractivity contribution in [2.24, 2.45) is 5.84 Å². The van der Waals surface area contributed by atoms with Crippen LogP contribution < -0.4 is 17.0 Å². The van der Waals surface area contributed by atoms with Crippen LogP contribution >= 0.6 is 11.6 Å². The molecule has 20 heavy (non-hydrogen) atoms. The van der Waals surface area contributed by atoms with Gasteiger partial charge in [0.05, 0.1) is 0 Å². The smallest absolute Gasteiger partial charge is 0.0480 e. The summed E-state index contributed by atoms with van der Waals surface area (Å²) in [5.74, 6) is 5.65. The van der Waals surface area contributed by atoms with Crippen LogP contribution in [0.4, 0.5) is 5.69 Å². The molecule has 4 heteroatoms. The number of anilines is 1. The summed E-state index contributed by atoms with van der Waals surface area (Å²) in [6, 6.07) is 5.72. The van der Waals surface area contributed by atoms with Crippen LogP contribution in [0.25, 0.3) is 0 Å². The fourth-order valence-corrected chi connectivity index (χ4v) is 2.68. The minimum absolute atomic E-state index is 0.114. The first-order valence-electron chi connectivity index (χ1n) is 7.70. The number of hydrogen-bond acceptors (Lipinski definition) is 3. The highest BCUT2D eigenvalue weighted by atomic mass is 35.5. The van der Waals surface area contributed by atoms with Crippen molar-refractivity contribution in [3.05, 3.63) is 28.8 Å². The monoisotopic (exact) mass is 297 g/mol. The zero-order chi connectivity index (χ0) is 14.8. The zero-order valence-electron chi connectivity index (χ0n) is 12.5. The summed E-state index contributed by atoms with van der Waals surface area (Å²) >= 11 is 5.92. The van der Waals surface area contributed by atoms with Crippen LogP contribution in [0.1, 0.15) is 69.9 Å². The Labute approximate surface area is 128 Å². The van der Waals surface area contributed by atoms with Gasteiger partial charge in [-0.15, -0.1) is 0 Å². The largest absolute Gasteiger partial charge is 0.398 e. The normalized spacial score (nSPS) is 12.6. The number of nitrogen functional groups attached to an aromatic ring is 1. The topological polar surface area (TPSA) is 64.1 Å². The first kappa shape index (κ1) is 17.3. The maximum atomic E-state index is 6.00. The average molecular weight is 298 g/mol. The highest BCUT2D eigenvalue weighted by Crippen LogP contribution is 2.27. The summed E-state index contributed by atoms with van der Waals surface area (Å²) in [6.07, 6.45) is 10.1. The van der Waals surface area contributed by atoms with Gasteiger partial charge in [-0.1, -0.05) is 69.5 Å². The quantitative estimate of drug-likeness (QED) is 0.256. The van der Waals surface area contributed by atoms with Gasteiger partial charge in [0.15, 0.2) is 0 Å². The Morgan fingerprint density at radius 3 is 2.35 bits per heavy atom. The molecule has 0 saturated carbocycles. The average Bonchev–Trinajstić information content (AvgIpc) is 2.43. The van der Waals surface area contributed by atoms with Crippen molar-refractivity contribution in [2.75, 3.05) is 5.73 Å². The Balaban J connectivity index is 2.32. The molecule has 0 heterocycles. The molecule has 3 nitrogen and oxygen atoms in total. The summed E-state index contributed by atoms with van der Waals surface area (Å²) in [5, 5.41) is 0.665. The van der Waals surface area contributed by atoms with Gasteiger partial charge in [0, 0.05) is 16.8 Å². The molecular formula is C16H28ClN3. The van der Waals surface area contributed by atoms with Crippen LogP contribution in [0.5, 0.6) is 0 Å². The van der Waals surface area contributed by atoms with Gasteiger partial charge in [-0.3, -0.25) is 11.3 Å². The van der Waals surface area contributed by atoms with Crippen molar-refractivity contribution in [3.8, 4) is 0 Å². The van der Waals surface area contributed by atoms with Gasteiger partial charge in [0.25, 0.3) is 0 Å². The third-order valence-electron chi connectivity index (χ3n) is 3.72. The van der Waals surface area contributed by atoms with Crippen molar-refractivity contribution >= 4 is 17.3 Å². The van der Waals surface area contributed by atoms with Crippen LogP contribution in [0.3, 0.4) is 0 Å². The highest BCUT2D eigenvalue weighted by molar-refractivity contribution is 6.30. The maximum Gasteiger partial charge on any atom is 0.0480 e. The van der Waals surface area contributed by atoms with Gasteiger partial charge in [0.1, 0.15) is 0 Å². The molecule has 1 aromatic rings. The van der Waals surface area contributed by atoms with E-state index in [1.54, 1.807) is 6.07 Å². The van der Waals surface area contributed by atoms with Crippen molar-refractivity contribution in [1.82, 2.24) is 5.43 Å². The van der Waals surface area contributed by atoms with Gasteiger partial charge < -0.3 is 5.73 Å². The standard InChI is InChI=1S/C16H28ClN3/c1-2-3-4-5-6-7-8-9-16(20-19)14-11-10-13(17)12-15(14)18/h10-12,16,20H,2-9,18-19H2,1H3. The second kappa shape index (κ2) is 10.0. The number of nitrogens with one attached hydrogen (secondary N) is 1. The second-order valence-electron chi connectivity index (χ2n) is 5.40. The fourth-order valence-electron chi connectivity index (χ4n) is 2.50. The summed E-state index contributed by atoms with van der Waals surface area (Å²) in [6.45, 7) is 2.24. The first-order chi connectivity index (χ1) is 9.69. The molecule has 114 valence electrons. The molecule has 0 spiro atoms. The lowest BCUT2D eigenvalue weighted by Gasteiger charge is -2.18. The fraction of sp³-hybridized carbons (Fsp3) is 0.625. The highest BCUT2D eigenvalue weighted by Gasteiger charge is 2.12. The molecule has 1 unspecified atom stereocenters. The summed E-state index contributed by atoms with van der Waals surface area (Å²) in [4.78, 5) is 0. The molecule has 1 atom stereocenters. The molecule has 1 aromatic carbocycles. The SMILES string of the molecule is CCCCCCCCCC(NN)c1ccc(Cl)cc1N. The van der Waals surface area contributed by atoms with Crippen molar-refractivity contribution in [3.63, 3.8) is 0 Å². The Hall–Kier alpha value is -0.770. The third-order valence-corrected chi connectivity index (χ3v) is 3.96. The first-order valence-corrected chi connectivity index (χ1v) is 8.08. The number of hydrogen-bond donors (Lipinski definition) is 3. The number of hydrazine groups is 1. The van der Waals surface area contributed by atoms with Gasteiger partial charge in [0.2, 0.25) is 0 Å². The number of halogens is 1. The Bertz CT molecular complexity index is 382. The molecule has 0 aliphatic rings. The molecule has 0 aliphatic heterocycles. The van der Waals surface area contributed by atoms with Gasteiger partial charge in [-0.05, 0) is 24.1 Å². The summed E-state index contributed by atoms with van der Waals surface area (Å²) < 4.78 is 0. The molecule has 1 rings (SSSR count). The van der Waals surface area contributed by atoms with E-state index in [1.165, 1.54) is 44.9 Å². The molecule has 0 fully saturated rings. The van der Waals surface area contributed by atoms with E-state index in [0.717, 1.165) is 12.0 Å².